The van der Waals surface area contributed by atoms with Gasteiger partial charge < -0.3 is 29.7 Å². The van der Waals surface area contributed by atoms with E-state index in [0.29, 0.717) is 68.8 Å². The molecule has 0 amide bonds. The summed E-state index contributed by atoms with van der Waals surface area (Å²) in [7, 11) is 1.27. The summed E-state index contributed by atoms with van der Waals surface area (Å²) < 4.78 is 10.9. The first-order chi connectivity index (χ1) is 26.9. The second kappa shape index (κ2) is 18.5. The van der Waals surface area contributed by atoms with Gasteiger partial charge >= 0.3 is 35.0 Å². The van der Waals surface area contributed by atoms with E-state index in [1.165, 1.54) is 25.5 Å². The number of hydrogen-bond donors (Lipinski definition) is 0. The Morgan fingerprint density at radius 2 is 1.63 bits per heavy atom. The molecule has 298 valence electrons. The summed E-state index contributed by atoms with van der Waals surface area (Å²) in [5.41, 5.74) is 9.55. The van der Waals surface area contributed by atoms with E-state index in [2.05, 4.69) is 34.6 Å². The summed E-state index contributed by atoms with van der Waals surface area (Å²) in [6.45, 7) is 16.7. The van der Waals surface area contributed by atoms with Crippen molar-refractivity contribution in [2.24, 2.45) is 23.7 Å². The molecule has 0 saturated carbocycles. The molecule has 1 fully saturated rings. The van der Waals surface area contributed by atoms with Gasteiger partial charge in [-0.25, -0.2) is 0 Å². The maximum Gasteiger partial charge on any atom is 2.00 e. The number of Topliss-reactive ketones (excluding diaryl/α,β-unsaturated/α-hetero) is 1. The summed E-state index contributed by atoms with van der Waals surface area (Å²) in [6, 6.07) is 0. The Morgan fingerprint density at radius 1 is 0.930 bits per heavy atom. The molecule has 6 rings (SSSR count). The molecule has 8 bridgehead atoms. The topological polar surface area (TPSA) is 143 Å². The molecule has 10 nitrogen and oxygen atoms in total. The van der Waals surface area contributed by atoms with Crippen LogP contribution < -0.4 is 25.7 Å². The van der Waals surface area contributed by atoms with E-state index in [9.17, 15) is 19.2 Å². The predicted molar refractivity (Wildman–Crippen MR) is 223 cm³/mol. The van der Waals surface area contributed by atoms with E-state index in [1.807, 2.05) is 45.1 Å². The third-order valence-electron chi connectivity index (χ3n) is 12.2. The van der Waals surface area contributed by atoms with E-state index in [0.717, 1.165) is 59.3 Å². The Morgan fingerprint density at radius 3 is 2.30 bits per heavy atom. The fourth-order valence-corrected chi connectivity index (χ4v) is 8.48. The second-order valence-corrected chi connectivity index (χ2v) is 15.6. The SMILES string of the molecule is CCc1c2[n-]c(c1C)/C=C1\[N-]/C(=C3\c4[n-]c(c(C)c4C(=O)[C@@H]3C(=O)OC)/C=c3\[n-]/c(c(C=O)c3CC)=C\2)[C@@H](CCC(=O)OC/C=C(\C)CCC[C@H](C)CC)[C@@H]1C.[Mg+2]. The van der Waals surface area contributed by atoms with Crippen LogP contribution in [0.2, 0.25) is 0 Å². The van der Waals surface area contributed by atoms with Crippen molar-refractivity contribution in [2.45, 2.75) is 107 Å². The second-order valence-electron chi connectivity index (χ2n) is 15.6. The van der Waals surface area contributed by atoms with Gasteiger partial charge in [0.15, 0.2) is 5.78 Å². The van der Waals surface area contributed by atoms with Crippen LogP contribution in [0.15, 0.2) is 23.0 Å². The van der Waals surface area contributed by atoms with Crippen LogP contribution in [-0.2, 0) is 31.9 Å². The Hall–Kier alpha value is -4.35. The zero-order valence-electron chi connectivity index (χ0n) is 35.0. The first-order valence-electron chi connectivity index (χ1n) is 20.2. The predicted octanol–water partition coefficient (Wildman–Crippen LogP) is 6.57. The van der Waals surface area contributed by atoms with Crippen LogP contribution in [0.25, 0.3) is 29.1 Å². The van der Waals surface area contributed by atoms with Crippen LogP contribution in [0.4, 0.5) is 0 Å². The molecule has 0 radical (unpaired) electrons. The van der Waals surface area contributed by atoms with Gasteiger partial charge in [0.1, 0.15) is 18.8 Å². The normalized spacial score (nSPS) is 22.3. The van der Waals surface area contributed by atoms with Gasteiger partial charge in [-0.2, -0.15) is 11.4 Å². The molecule has 3 aromatic rings. The molecule has 0 aromatic carbocycles. The van der Waals surface area contributed by atoms with Gasteiger partial charge in [0.25, 0.3) is 0 Å². The molecular formula is C46H54MgN4O6-2. The number of ketones is 1. The minimum atomic E-state index is -1.25. The molecule has 1 aliphatic carbocycles. The van der Waals surface area contributed by atoms with Gasteiger partial charge in [-0.05, 0) is 76.7 Å². The largest absolute Gasteiger partial charge is 2.00 e. The number of hydrogen-bond acceptors (Lipinski definition) is 6. The quantitative estimate of drug-likeness (QED) is 0.0584. The Bertz CT molecular complexity index is 2280. The fraction of sp³-hybridized carbons (Fsp3) is 0.478. The number of aromatic nitrogens is 3. The zero-order valence-corrected chi connectivity index (χ0v) is 36.4. The van der Waals surface area contributed by atoms with E-state index in [-0.39, 0.29) is 53.9 Å². The number of aldehydes is 1. The Kier molecular flexibility index (Phi) is 14.2. The minimum Gasteiger partial charge on any atom is -0.664 e. The van der Waals surface area contributed by atoms with Crippen molar-refractivity contribution < 1.29 is 28.7 Å². The third-order valence-corrected chi connectivity index (χ3v) is 12.2. The first kappa shape index (κ1) is 43.8. The van der Waals surface area contributed by atoms with Crippen LogP contribution in [0, 0.1) is 37.5 Å². The smallest absolute Gasteiger partial charge is 0.664 e. The summed E-state index contributed by atoms with van der Waals surface area (Å²) in [6.07, 6.45) is 14.7. The number of carbonyl (C=O) groups excluding carboxylic acids is 4. The number of nitrogens with zero attached hydrogens (tertiary/aromatic N) is 4. The number of ether oxygens (including phenoxy) is 2. The van der Waals surface area contributed by atoms with Gasteiger partial charge in [-0.1, -0.05) is 99.1 Å². The van der Waals surface area contributed by atoms with Crippen molar-refractivity contribution in [1.29, 1.82) is 0 Å². The van der Waals surface area contributed by atoms with Gasteiger partial charge in [-0.3, -0.25) is 19.2 Å². The summed E-state index contributed by atoms with van der Waals surface area (Å²) >= 11 is 0. The van der Waals surface area contributed by atoms with E-state index in [4.69, 9.17) is 29.7 Å². The fourth-order valence-electron chi connectivity index (χ4n) is 8.48. The molecule has 3 aliphatic rings. The Labute approximate surface area is 352 Å². The van der Waals surface area contributed by atoms with Crippen molar-refractivity contribution >= 4 is 70.9 Å². The van der Waals surface area contributed by atoms with Gasteiger partial charge in [-0.15, -0.1) is 33.5 Å². The van der Waals surface area contributed by atoms with Crippen molar-refractivity contribution in [3.63, 3.8) is 0 Å². The number of allylic oxidation sites excluding steroid dienone is 3. The van der Waals surface area contributed by atoms with Crippen molar-refractivity contribution in [3.8, 4) is 0 Å². The minimum absolute atomic E-state index is 0. The van der Waals surface area contributed by atoms with Crippen molar-refractivity contribution in [2.75, 3.05) is 13.7 Å². The standard InChI is InChI=1S/C46H55N4O6.Mg/c1-10-24(4)14-13-15-25(5)18-19-56-39(52)17-16-31-27(7)34-20-33-26(6)29(11-2)36(47-33)22-38-32(23-51)30(12-3)37(48-38)21-35-28(8)40-44(50-35)41(43(31)49-34)42(45(40)53)46(54)55-9;/h18,20-24,27,31,42H,10-17,19H2,1-9H3,(H-,49,50,51,53);/q-3;+2/p-1/b25-18+,34-20-,38-22-;/t24-,27+,31+,42-;/m1./s1. The van der Waals surface area contributed by atoms with Crippen molar-refractivity contribution in [3.05, 3.63) is 95.2 Å². The van der Waals surface area contributed by atoms with Gasteiger partial charge in [0.05, 0.1) is 7.11 Å². The molecule has 3 aromatic heterocycles. The van der Waals surface area contributed by atoms with Crippen LogP contribution >= 0.6 is 0 Å². The number of rotatable bonds is 14. The molecular weight excluding hydrogens is 729 g/mol. The van der Waals surface area contributed by atoms with Crippen molar-refractivity contribution in [1.82, 2.24) is 15.0 Å². The van der Waals surface area contributed by atoms with E-state index < -0.39 is 17.7 Å². The van der Waals surface area contributed by atoms with Crippen LogP contribution in [0.5, 0.6) is 0 Å². The summed E-state index contributed by atoms with van der Waals surface area (Å²) in [4.78, 5) is 68.5. The number of carbonyl (C=O) groups is 4. The average Bonchev–Trinajstić information content (AvgIpc) is 3.93. The van der Waals surface area contributed by atoms with Crippen LogP contribution in [-0.4, -0.2) is 60.8 Å². The Balaban J connectivity index is 0.00000620. The van der Waals surface area contributed by atoms with Crippen LogP contribution in [0.3, 0.4) is 0 Å². The molecule has 0 N–H and O–H groups in total. The molecule has 57 heavy (non-hydrogen) atoms. The maximum atomic E-state index is 14.3. The summed E-state index contributed by atoms with van der Waals surface area (Å²) in [5, 5.41) is 6.32. The number of methoxy groups -OCH3 is 1. The molecule has 1 saturated heterocycles. The molecule has 5 heterocycles. The summed E-state index contributed by atoms with van der Waals surface area (Å²) in [5.74, 6) is -2.49. The number of fused-ring (bicyclic) bond motifs is 7. The molecule has 4 atom stereocenters. The average molecular weight is 783 g/mol. The van der Waals surface area contributed by atoms with E-state index >= 15 is 0 Å². The van der Waals surface area contributed by atoms with E-state index in [1.54, 1.807) is 0 Å². The number of esters is 2. The molecule has 2 aliphatic heterocycles. The van der Waals surface area contributed by atoms with Crippen LogP contribution in [0.1, 0.15) is 146 Å². The molecule has 11 heteroatoms. The molecule has 0 unspecified atom stereocenters. The van der Waals surface area contributed by atoms with Gasteiger partial charge in [0.2, 0.25) is 0 Å². The third kappa shape index (κ3) is 8.46. The zero-order chi connectivity index (χ0) is 40.4. The van der Waals surface area contributed by atoms with Gasteiger partial charge in [0, 0.05) is 17.5 Å². The maximum absolute atomic E-state index is 14.3. The molecule has 0 spiro atoms. The first-order valence-corrected chi connectivity index (χ1v) is 20.2. The monoisotopic (exact) mass is 782 g/mol.